The summed E-state index contributed by atoms with van der Waals surface area (Å²) < 4.78 is 20.2. The smallest absolute Gasteiger partial charge is 0.325 e. The third-order valence-electron chi connectivity index (χ3n) is 3.52. The molecular weight excluding hydrogens is 439 g/mol. The second-order valence-corrected chi connectivity index (χ2v) is 8.43. The Kier molecular flexibility index (Phi) is 7.12. The number of aromatic nitrogens is 2. The predicted molar refractivity (Wildman–Crippen MR) is 110 cm³/mol. The van der Waals surface area contributed by atoms with Crippen molar-refractivity contribution in [2.24, 2.45) is 4.99 Å². The summed E-state index contributed by atoms with van der Waals surface area (Å²) in [6.45, 7) is -0.155. The van der Waals surface area contributed by atoms with E-state index >= 15 is 0 Å². The summed E-state index contributed by atoms with van der Waals surface area (Å²) in [4.78, 5) is 44.0. The number of hydrogen-bond donors (Lipinski definition) is 1. The summed E-state index contributed by atoms with van der Waals surface area (Å²) in [6, 6.07) is 4.10. The SMILES string of the molecule is COC(=O)Cn1c(=NC(=O)CSCC(=O)Nc2nccs2)sc2cc(F)ccc21. The van der Waals surface area contributed by atoms with Crippen LogP contribution in [0, 0.1) is 5.82 Å². The normalized spacial score (nSPS) is 11.6. The molecule has 2 aromatic heterocycles. The lowest BCUT2D eigenvalue weighted by atomic mass is 10.3. The van der Waals surface area contributed by atoms with Gasteiger partial charge in [0.1, 0.15) is 12.4 Å². The molecule has 3 rings (SSSR count). The molecule has 0 radical (unpaired) electrons. The summed E-state index contributed by atoms with van der Waals surface area (Å²) in [7, 11) is 1.26. The minimum Gasteiger partial charge on any atom is -0.468 e. The van der Waals surface area contributed by atoms with E-state index in [1.165, 1.54) is 41.2 Å². The van der Waals surface area contributed by atoms with Crippen molar-refractivity contribution in [3.05, 3.63) is 40.4 Å². The van der Waals surface area contributed by atoms with Gasteiger partial charge in [0.2, 0.25) is 5.91 Å². The van der Waals surface area contributed by atoms with Crippen LogP contribution in [-0.2, 0) is 25.7 Å². The van der Waals surface area contributed by atoms with Crippen molar-refractivity contribution < 1.29 is 23.5 Å². The topological polar surface area (TPSA) is 103 Å². The van der Waals surface area contributed by atoms with Crippen LogP contribution < -0.4 is 10.1 Å². The van der Waals surface area contributed by atoms with Gasteiger partial charge in [-0.3, -0.25) is 14.4 Å². The molecule has 0 atom stereocenters. The molecule has 0 aliphatic rings. The van der Waals surface area contributed by atoms with Crippen LogP contribution in [-0.4, -0.2) is 46.0 Å². The molecule has 8 nitrogen and oxygen atoms in total. The molecule has 0 fully saturated rings. The van der Waals surface area contributed by atoms with E-state index in [1.54, 1.807) is 11.6 Å². The molecule has 0 aliphatic heterocycles. The van der Waals surface area contributed by atoms with E-state index in [4.69, 9.17) is 0 Å². The Labute approximate surface area is 176 Å². The number of methoxy groups -OCH3 is 1. The maximum Gasteiger partial charge on any atom is 0.325 e. The summed E-state index contributed by atoms with van der Waals surface area (Å²) in [5.41, 5.74) is 0.573. The maximum absolute atomic E-state index is 13.5. The van der Waals surface area contributed by atoms with Gasteiger partial charge in [0.05, 0.1) is 28.8 Å². The van der Waals surface area contributed by atoms with Crippen molar-refractivity contribution in [3.8, 4) is 0 Å². The van der Waals surface area contributed by atoms with Crippen LogP contribution >= 0.6 is 34.4 Å². The third-order valence-corrected chi connectivity index (χ3v) is 6.16. The number of fused-ring (bicyclic) bond motifs is 1. The van der Waals surface area contributed by atoms with E-state index in [0.29, 0.717) is 15.3 Å². The van der Waals surface area contributed by atoms with Crippen LogP contribution in [0.3, 0.4) is 0 Å². The summed E-state index contributed by atoms with van der Waals surface area (Å²) in [5.74, 6) is -1.63. The Balaban J connectivity index is 1.70. The fourth-order valence-corrected chi connectivity index (χ4v) is 4.50. The molecule has 152 valence electrons. The molecule has 0 spiro atoms. The zero-order valence-corrected chi connectivity index (χ0v) is 17.5. The number of hydrogen-bond acceptors (Lipinski definition) is 8. The minimum atomic E-state index is -0.517. The summed E-state index contributed by atoms with van der Waals surface area (Å²) in [6.07, 6.45) is 1.58. The first-order valence-corrected chi connectivity index (χ1v) is 11.0. The van der Waals surface area contributed by atoms with Crippen LogP contribution in [0.2, 0.25) is 0 Å². The van der Waals surface area contributed by atoms with E-state index in [-0.39, 0.29) is 28.8 Å². The van der Waals surface area contributed by atoms with Crippen LogP contribution in [0.1, 0.15) is 0 Å². The number of carbonyl (C=O) groups is 3. The van der Waals surface area contributed by atoms with Gasteiger partial charge in [-0.2, -0.15) is 4.99 Å². The third kappa shape index (κ3) is 5.71. The number of ether oxygens (including phenoxy) is 1. The highest BCUT2D eigenvalue weighted by molar-refractivity contribution is 8.00. The molecule has 1 aromatic carbocycles. The first-order valence-electron chi connectivity index (χ1n) is 8.16. The van der Waals surface area contributed by atoms with Gasteiger partial charge in [-0.1, -0.05) is 11.3 Å². The van der Waals surface area contributed by atoms with Gasteiger partial charge < -0.3 is 14.6 Å². The van der Waals surface area contributed by atoms with E-state index < -0.39 is 17.7 Å². The number of thioether (sulfide) groups is 1. The first-order chi connectivity index (χ1) is 14.0. The molecule has 1 N–H and O–H groups in total. The highest BCUT2D eigenvalue weighted by atomic mass is 32.2. The Morgan fingerprint density at radius 3 is 2.90 bits per heavy atom. The van der Waals surface area contributed by atoms with Gasteiger partial charge >= 0.3 is 5.97 Å². The zero-order valence-electron chi connectivity index (χ0n) is 15.1. The van der Waals surface area contributed by atoms with E-state index in [0.717, 1.165) is 23.1 Å². The second kappa shape index (κ2) is 9.76. The molecule has 0 saturated carbocycles. The number of thiazole rings is 2. The van der Waals surface area contributed by atoms with Crippen molar-refractivity contribution in [2.75, 3.05) is 23.9 Å². The molecule has 0 aliphatic carbocycles. The number of nitrogens with one attached hydrogen (secondary N) is 1. The molecule has 3 aromatic rings. The van der Waals surface area contributed by atoms with Crippen LogP contribution in [0.4, 0.5) is 9.52 Å². The lowest BCUT2D eigenvalue weighted by Crippen LogP contribution is -2.23. The van der Waals surface area contributed by atoms with Crippen LogP contribution in [0.15, 0.2) is 34.8 Å². The summed E-state index contributed by atoms with van der Waals surface area (Å²) in [5, 5.41) is 4.86. The number of carbonyl (C=O) groups excluding carboxylic acids is 3. The Morgan fingerprint density at radius 1 is 1.34 bits per heavy atom. The quantitative estimate of drug-likeness (QED) is 0.550. The average molecular weight is 455 g/mol. The van der Waals surface area contributed by atoms with E-state index in [2.05, 4.69) is 20.0 Å². The Hall–Kier alpha value is -2.57. The second-order valence-electron chi connectivity index (χ2n) is 5.54. The van der Waals surface area contributed by atoms with E-state index in [1.807, 2.05) is 0 Å². The van der Waals surface area contributed by atoms with Crippen molar-refractivity contribution in [1.29, 1.82) is 0 Å². The first kappa shape index (κ1) is 21.1. The lowest BCUT2D eigenvalue weighted by Gasteiger charge is -2.03. The molecule has 29 heavy (non-hydrogen) atoms. The standard InChI is InChI=1S/C17H15FN4O4S3/c1-26-15(25)7-22-11-3-2-10(18)6-12(11)29-17(22)21-14(24)9-27-8-13(23)20-16-19-4-5-28-16/h2-6H,7-9H2,1H3,(H,19,20,23). The van der Waals surface area contributed by atoms with Crippen molar-refractivity contribution in [1.82, 2.24) is 9.55 Å². The molecule has 0 saturated heterocycles. The largest absolute Gasteiger partial charge is 0.468 e. The van der Waals surface area contributed by atoms with Crippen LogP contribution in [0.25, 0.3) is 10.2 Å². The van der Waals surface area contributed by atoms with Crippen molar-refractivity contribution >= 4 is 67.6 Å². The molecule has 0 bridgehead atoms. The highest BCUT2D eigenvalue weighted by Gasteiger charge is 2.13. The number of amides is 2. The zero-order chi connectivity index (χ0) is 20.8. The molecular formula is C17H15FN4O4S3. The van der Waals surface area contributed by atoms with E-state index in [9.17, 15) is 18.8 Å². The Morgan fingerprint density at radius 2 is 2.17 bits per heavy atom. The minimum absolute atomic E-state index is 0.0217. The molecule has 12 heteroatoms. The number of esters is 1. The predicted octanol–water partition coefficient (Wildman–Crippen LogP) is 2.27. The lowest BCUT2D eigenvalue weighted by molar-refractivity contribution is -0.141. The van der Waals surface area contributed by atoms with Crippen LogP contribution in [0.5, 0.6) is 0 Å². The van der Waals surface area contributed by atoms with Gasteiger partial charge in [0.25, 0.3) is 5.91 Å². The highest BCUT2D eigenvalue weighted by Crippen LogP contribution is 2.19. The number of nitrogens with zero attached hydrogens (tertiary/aromatic N) is 3. The van der Waals surface area contributed by atoms with Gasteiger partial charge in [0.15, 0.2) is 9.93 Å². The molecule has 2 heterocycles. The maximum atomic E-state index is 13.5. The molecule has 2 amide bonds. The number of anilines is 1. The number of halogens is 1. The van der Waals surface area contributed by atoms with Gasteiger partial charge in [-0.15, -0.1) is 23.1 Å². The average Bonchev–Trinajstić information content (AvgIpc) is 3.29. The van der Waals surface area contributed by atoms with Crippen molar-refractivity contribution in [2.45, 2.75) is 6.54 Å². The monoisotopic (exact) mass is 454 g/mol. The fraction of sp³-hybridized carbons (Fsp3) is 0.235. The number of rotatable bonds is 7. The van der Waals surface area contributed by atoms with Crippen molar-refractivity contribution in [3.63, 3.8) is 0 Å². The number of benzene rings is 1. The van der Waals surface area contributed by atoms with Gasteiger partial charge in [0, 0.05) is 11.6 Å². The van der Waals surface area contributed by atoms with Gasteiger partial charge in [-0.05, 0) is 18.2 Å². The Bertz CT molecular complexity index is 1110. The van der Waals surface area contributed by atoms with Gasteiger partial charge in [-0.25, -0.2) is 9.37 Å². The fourth-order valence-electron chi connectivity index (χ4n) is 2.29. The summed E-state index contributed by atoms with van der Waals surface area (Å²) >= 11 is 3.50. The molecule has 0 unspecified atom stereocenters.